The van der Waals surface area contributed by atoms with Gasteiger partial charge in [-0.15, -0.1) is 0 Å². The summed E-state index contributed by atoms with van der Waals surface area (Å²) in [6, 6.07) is 2.06. The van der Waals surface area contributed by atoms with Crippen LogP contribution in [0.4, 0.5) is 0 Å². The maximum atomic E-state index is 9.97. The molecule has 1 aliphatic carbocycles. The number of hydrogen-bond donors (Lipinski definition) is 0. The van der Waals surface area contributed by atoms with Gasteiger partial charge in [0, 0.05) is 18.0 Å². The standard InChI is InChI=1S/C10H11NO2/c12-7-13-6-8-3-10(5-11-4-8)9-1-2-9/h3-5,7,9H,1-2,6H2. The largest absolute Gasteiger partial charge is 0.463 e. The monoisotopic (exact) mass is 177 g/mol. The Morgan fingerprint density at radius 1 is 1.54 bits per heavy atom. The molecule has 0 aliphatic heterocycles. The molecule has 1 aromatic heterocycles. The fourth-order valence-corrected chi connectivity index (χ4v) is 1.36. The quantitative estimate of drug-likeness (QED) is 0.656. The zero-order valence-electron chi connectivity index (χ0n) is 7.27. The number of carbonyl (C=O) groups excluding carboxylic acids is 1. The van der Waals surface area contributed by atoms with Crippen LogP contribution in [0, 0.1) is 0 Å². The van der Waals surface area contributed by atoms with Crippen molar-refractivity contribution in [1.29, 1.82) is 0 Å². The van der Waals surface area contributed by atoms with Crippen LogP contribution in [-0.4, -0.2) is 11.5 Å². The Labute approximate surface area is 76.7 Å². The van der Waals surface area contributed by atoms with Gasteiger partial charge in [-0.3, -0.25) is 9.78 Å². The number of aromatic nitrogens is 1. The lowest BCUT2D eigenvalue weighted by atomic mass is 10.1. The Kier molecular flexibility index (Phi) is 2.25. The van der Waals surface area contributed by atoms with Crippen molar-refractivity contribution in [2.24, 2.45) is 0 Å². The third-order valence-electron chi connectivity index (χ3n) is 2.18. The van der Waals surface area contributed by atoms with Crippen LogP contribution in [-0.2, 0) is 16.1 Å². The highest BCUT2D eigenvalue weighted by Crippen LogP contribution is 2.39. The molecule has 1 aromatic rings. The first-order valence-corrected chi connectivity index (χ1v) is 4.39. The minimum atomic E-state index is 0.330. The van der Waals surface area contributed by atoms with Crippen molar-refractivity contribution in [2.45, 2.75) is 25.4 Å². The van der Waals surface area contributed by atoms with E-state index < -0.39 is 0 Å². The Morgan fingerprint density at radius 3 is 3.08 bits per heavy atom. The highest BCUT2D eigenvalue weighted by molar-refractivity contribution is 5.37. The van der Waals surface area contributed by atoms with E-state index in [0.717, 1.165) is 5.56 Å². The van der Waals surface area contributed by atoms with E-state index in [1.807, 2.05) is 6.20 Å². The SMILES string of the molecule is O=COCc1cncc(C2CC2)c1. The van der Waals surface area contributed by atoms with Crippen molar-refractivity contribution < 1.29 is 9.53 Å². The van der Waals surface area contributed by atoms with E-state index in [2.05, 4.69) is 15.8 Å². The van der Waals surface area contributed by atoms with Crippen LogP contribution in [0.2, 0.25) is 0 Å². The van der Waals surface area contributed by atoms with Gasteiger partial charge in [0.1, 0.15) is 6.61 Å². The number of ether oxygens (including phenoxy) is 1. The summed E-state index contributed by atoms with van der Waals surface area (Å²) in [5.41, 5.74) is 2.24. The first-order valence-electron chi connectivity index (χ1n) is 4.39. The molecule has 0 spiro atoms. The van der Waals surface area contributed by atoms with Gasteiger partial charge in [0.2, 0.25) is 0 Å². The van der Waals surface area contributed by atoms with Crippen LogP contribution >= 0.6 is 0 Å². The average Bonchev–Trinajstić information content (AvgIpc) is 2.98. The van der Waals surface area contributed by atoms with Gasteiger partial charge >= 0.3 is 0 Å². The Bertz CT molecular complexity index is 308. The molecule has 0 aromatic carbocycles. The number of carbonyl (C=O) groups is 1. The van der Waals surface area contributed by atoms with E-state index in [0.29, 0.717) is 19.0 Å². The normalized spacial score (nSPS) is 15.4. The molecule has 3 heteroatoms. The molecule has 2 rings (SSSR count). The predicted octanol–water partition coefficient (Wildman–Crippen LogP) is 1.63. The fourth-order valence-electron chi connectivity index (χ4n) is 1.36. The summed E-state index contributed by atoms with van der Waals surface area (Å²) >= 11 is 0. The molecule has 0 radical (unpaired) electrons. The second-order valence-electron chi connectivity index (χ2n) is 3.31. The lowest BCUT2D eigenvalue weighted by molar-refractivity contribution is -0.129. The summed E-state index contributed by atoms with van der Waals surface area (Å²) in [6.07, 6.45) is 6.15. The zero-order chi connectivity index (χ0) is 9.10. The van der Waals surface area contributed by atoms with Gasteiger partial charge in [0.25, 0.3) is 6.47 Å². The molecule has 1 fully saturated rings. The van der Waals surface area contributed by atoms with Crippen LogP contribution < -0.4 is 0 Å². The molecule has 0 unspecified atom stereocenters. The summed E-state index contributed by atoms with van der Waals surface area (Å²) in [4.78, 5) is 14.1. The lowest BCUT2D eigenvalue weighted by Gasteiger charge is -2.01. The minimum Gasteiger partial charge on any atom is -0.463 e. The Hall–Kier alpha value is -1.38. The van der Waals surface area contributed by atoms with Gasteiger partial charge in [0.15, 0.2) is 0 Å². The molecule has 3 nitrogen and oxygen atoms in total. The molecule has 0 atom stereocenters. The summed E-state index contributed by atoms with van der Waals surface area (Å²) in [5, 5.41) is 0. The van der Waals surface area contributed by atoms with Crippen molar-refractivity contribution in [1.82, 2.24) is 4.98 Å². The van der Waals surface area contributed by atoms with Gasteiger partial charge in [-0.1, -0.05) is 0 Å². The maximum absolute atomic E-state index is 9.97. The zero-order valence-corrected chi connectivity index (χ0v) is 7.27. The summed E-state index contributed by atoms with van der Waals surface area (Å²) in [6.45, 7) is 0.793. The molecular weight excluding hydrogens is 166 g/mol. The minimum absolute atomic E-state index is 0.330. The fraction of sp³-hybridized carbons (Fsp3) is 0.400. The topological polar surface area (TPSA) is 39.2 Å². The number of nitrogens with zero attached hydrogens (tertiary/aromatic N) is 1. The van der Waals surface area contributed by atoms with Crippen LogP contribution in [0.5, 0.6) is 0 Å². The van der Waals surface area contributed by atoms with Gasteiger partial charge in [-0.2, -0.15) is 0 Å². The van der Waals surface area contributed by atoms with Crippen molar-refractivity contribution in [2.75, 3.05) is 0 Å². The lowest BCUT2D eigenvalue weighted by Crippen LogP contribution is -1.93. The Morgan fingerprint density at radius 2 is 2.38 bits per heavy atom. The van der Waals surface area contributed by atoms with Gasteiger partial charge in [-0.25, -0.2) is 0 Å². The maximum Gasteiger partial charge on any atom is 0.293 e. The average molecular weight is 177 g/mol. The molecule has 13 heavy (non-hydrogen) atoms. The first-order chi connectivity index (χ1) is 6.40. The second kappa shape index (κ2) is 3.56. The third kappa shape index (κ3) is 2.05. The summed E-state index contributed by atoms with van der Waals surface area (Å²) < 4.78 is 4.65. The summed E-state index contributed by atoms with van der Waals surface area (Å²) in [5.74, 6) is 0.698. The molecule has 1 heterocycles. The number of hydrogen-bond acceptors (Lipinski definition) is 3. The molecule has 1 aliphatic rings. The van der Waals surface area contributed by atoms with Crippen molar-refractivity contribution >= 4 is 6.47 Å². The highest BCUT2D eigenvalue weighted by Gasteiger charge is 2.23. The van der Waals surface area contributed by atoms with Crippen molar-refractivity contribution in [3.8, 4) is 0 Å². The van der Waals surface area contributed by atoms with E-state index >= 15 is 0 Å². The van der Waals surface area contributed by atoms with E-state index in [4.69, 9.17) is 0 Å². The van der Waals surface area contributed by atoms with E-state index in [1.165, 1.54) is 18.4 Å². The van der Waals surface area contributed by atoms with Crippen molar-refractivity contribution in [3.63, 3.8) is 0 Å². The molecule has 0 bridgehead atoms. The predicted molar refractivity (Wildman–Crippen MR) is 47.1 cm³/mol. The Balaban J connectivity index is 2.07. The molecule has 1 saturated carbocycles. The molecular formula is C10H11NO2. The number of pyridine rings is 1. The molecule has 0 saturated heterocycles. The van der Waals surface area contributed by atoms with Crippen LogP contribution in [0.1, 0.15) is 29.9 Å². The van der Waals surface area contributed by atoms with Gasteiger partial charge in [-0.05, 0) is 30.4 Å². The van der Waals surface area contributed by atoms with E-state index in [1.54, 1.807) is 6.20 Å². The van der Waals surface area contributed by atoms with Crippen LogP contribution in [0.25, 0.3) is 0 Å². The summed E-state index contributed by atoms with van der Waals surface area (Å²) in [7, 11) is 0. The highest BCUT2D eigenvalue weighted by atomic mass is 16.5. The van der Waals surface area contributed by atoms with Gasteiger partial charge < -0.3 is 4.74 Å². The third-order valence-corrected chi connectivity index (χ3v) is 2.18. The van der Waals surface area contributed by atoms with Crippen LogP contribution in [0.3, 0.4) is 0 Å². The molecule has 68 valence electrons. The van der Waals surface area contributed by atoms with E-state index in [-0.39, 0.29) is 0 Å². The van der Waals surface area contributed by atoms with E-state index in [9.17, 15) is 4.79 Å². The first kappa shape index (κ1) is 8.23. The smallest absolute Gasteiger partial charge is 0.293 e. The molecule has 0 N–H and O–H groups in total. The molecule has 0 amide bonds. The number of rotatable bonds is 4. The second-order valence-corrected chi connectivity index (χ2v) is 3.31. The van der Waals surface area contributed by atoms with Gasteiger partial charge in [0.05, 0.1) is 0 Å². The van der Waals surface area contributed by atoms with Crippen LogP contribution in [0.15, 0.2) is 18.5 Å². The van der Waals surface area contributed by atoms with Crippen molar-refractivity contribution in [3.05, 3.63) is 29.6 Å².